The number of rotatable bonds is 15. The van der Waals surface area contributed by atoms with E-state index < -0.39 is 33.9 Å². The molecule has 0 aliphatic heterocycles. The predicted molar refractivity (Wildman–Crippen MR) is 344 cm³/mol. The molecule has 12 heteroatoms. The lowest BCUT2D eigenvalue weighted by molar-refractivity contribution is 0.423. The summed E-state index contributed by atoms with van der Waals surface area (Å²) in [6, 6.07) is 12.2. The molecule has 0 bridgehead atoms. The first-order valence-electron chi connectivity index (χ1n) is 28.5. The standard InChI is InChI=1S/C69H102N6O6/c1-40(46-28-43(61(4,5)6)31-52(58(46)79)64(13,14)15)70-37-67(22,23)73-34-49-55(76)50(35-74-68(24,25)38-71-41(2)47-29-44(62(7,8)9)32-53(59(47)80)65(16,17)18)57(78)51(56(49)77)36-75-69(26,27)39-72-42(3)48-30-45(63(10,11)12)33-54(60(48)81)66(19,20)21/h28-36,76-81H,37-39H2,1-27H3. The van der Waals surface area contributed by atoms with E-state index in [1.54, 1.807) is 0 Å². The zero-order valence-electron chi connectivity index (χ0n) is 54.7. The molecule has 4 rings (SSSR count). The van der Waals surface area contributed by atoms with Crippen molar-refractivity contribution in [3.05, 3.63) is 103 Å². The van der Waals surface area contributed by atoms with Crippen molar-refractivity contribution < 1.29 is 30.6 Å². The second-order valence-corrected chi connectivity index (χ2v) is 30.5. The molecule has 81 heavy (non-hydrogen) atoms. The zero-order chi connectivity index (χ0) is 62.4. The maximum Gasteiger partial charge on any atom is 0.140 e. The van der Waals surface area contributed by atoms with Gasteiger partial charge in [0.05, 0.1) is 52.9 Å². The molecule has 0 saturated heterocycles. The third-order valence-electron chi connectivity index (χ3n) is 14.8. The summed E-state index contributed by atoms with van der Waals surface area (Å²) in [5, 5.41) is 71.1. The van der Waals surface area contributed by atoms with Gasteiger partial charge in [-0.25, -0.2) is 0 Å². The molecule has 0 aromatic heterocycles. The number of aliphatic imine (C=N–C) groups is 6. The Morgan fingerprint density at radius 1 is 0.309 bits per heavy atom. The van der Waals surface area contributed by atoms with Gasteiger partial charge < -0.3 is 30.6 Å². The number of hydrogen-bond donors (Lipinski definition) is 6. The molecule has 0 amide bonds. The summed E-state index contributed by atoms with van der Waals surface area (Å²) >= 11 is 0. The Kier molecular flexibility index (Phi) is 19.5. The first-order chi connectivity index (χ1) is 36.4. The van der Waals surface area contributed by atoms with Crippen LogP contribution in [0.25, 0.3) is 0 Å². The summed E-state index contributed by atoms with van der Waals surface area (Å²) in [7, 11) is 0. The first-order valence-corrected chi connectivity index (χ1v) is 28.5. The van der Waals surface area contributed by atoms with Gasteiger partial charge in [0, 0.05) is 69.2 Å². The fourth-order valence-electron chi connectivity index (χ4n) is 8.92. The third kappa shape index (κ3) is 16.9. The van der Waals surface area contributed by atoms with Crippen LogP contribution in [-0.2, 0) is 32.5 Å². The highest BCUT2D eigenvalue weighted by Gasteiger charge is 2.31. The smallest absolute Gasteiger partial charge is 0.140 e. The van der Waals surface area contributed by atoms with Crippen molar-refractivity contribution in [1.29, 1.82) is 0 Å². The maximum atomic E-state index is 12.1. The predicted octanol–water partition coefficient (Wildman–Crippen LogP) is 15.8. The second-order valence-electron chi connectivity index (χ2n) is 30.5. The quantitative estimate of drug-likeness (QED) is 0.0641. The topological polar surface area (TPSA) is 196 Å². The van der Waals surface area contributed by atoms with Gasteiger partial charge >= 0.3 is 0 Å². The van der Waals surface area contributed by atoms with Crippen LogP contribution in [-0.4, -0.2) is 103 Å². The summed E-state index contributed by atoms with van der Waals surface area (Å²) in [6.07, 6.45) is 4.14. The minimum atomic E-state index is -0.886. The highest BCUT2D eigenvalue weighted by molar-refractivity contribution is 6.05. The van der Waals surface area contributed by atoms with E-state index >= 15 is 0 Å². The summed E-state index contributed by atoms with van der Waals surface area (Å²) in [6.45, 7) is 55.4. The van der Waals surface area contributed by atoms with Crippen LogP contribution in [0.4, 0.5) is 0 Å². The summed E-state index contributed by atoms with van der Waals surface area (Å²) in [4.78, 5) is 29.5. The molecular formula is C69H102N6O6. The van der Waals surface area contributed by atoms with Crippen LogP contribution in [0.5, 0.6) is 34.5 Å². The van der Waals surface area contributed by atoms with Crippen molar-refractivity contribution in [3.8, 4) is 34.5 Å². The Bertz CT molecular complexity index is 2820. The van der Waals surface area contributed by atoms with Gasteiger partial charge in [0.15, 0.2) is 0 Å². The average Bonchev–Trinajstić information content (AvgIpc) is 3.29. The van der Waals surface area contributed by atoms with Crippen molar-refractivity contribution in [1.82, 2.24) is 0 Å². The van der Waals surface area contributed by atoms with Crippen LogP contribution < -0.4 is 0 Å². The highest BCUT2D eigenvalue weighted by atomic mass is 16.3. The number of benzene rings is 4. The molecule has 0 aliphatic carbocycles. The van der Waals surface area contributed by atoms with E-state index in [0.717, 1.165) is 33.4 Å². The van der Waals surface area contributed by atoms with E-state index in [1.807, 2.05) is 80.5 Å². The van der Waals surface area contributed by atoms with Crippen LogP contribution in [0.3, 0.4) is 0 Å². The molecule has 0 atom stereocenters. The Hall–Kier alpha value is -6.30. The minimum Gasteiger partial charge on any atom is -0.507 e. The highest BCUT2D eigenvalue weighted by Crippen LogP contribution is 2.43. The van der Waals surface area contributed by atoms with Crippen LogP contribution in [0.1, 0.15) is 254 Å². The van der Waals surface area contributed by atoms with E-state index in [1.165, 1.54) is 18.6 Å². The molecule has 4 aromatic rings. The first kappa shape index (κ1) is 67.2. The normalized spacial score (nSPS) is 14.6. The van der Waals surface area contributed by atoms with Crippen molar-refractivity contribution in [2.75, 3.05) is 19.6 Å². The van der Waals surface area contributed by atoms with Gasteiger partial charge in [0.1, 0.15) is 34.5 Å². The molecule has 12 nitrogen and oxygen atoms in total. The van der Waals surface area contributed by atoms with Crippen molar-refractivity contribution >= 4 is 35.8 Å². The molecule has 4 aromatic carbocycles. The van der Waals surface area contributed by atoms with Gasteiger partial charge in [-0.3, -0.25) is 30.0 Å². The number of phenols is 6. The Morgan fingerprint density at radius 2 is 0.506 bits per heavy atom. The van der Waals surface area contributed by atoms with Gasteiger partial charge in [-0.1, -0.05) is 143 Å². The van der Waals surface area contributed by atoms with Crippen LogP contribution >= 0.6 is 0 Å². The van der Waals surface area contributed by atoms with Gasteiger partial charge in [-0.05, 0) is 130 Å². The fraction of sp³-hybridized carbons (Fsp3) is 0.565. The monoisotopic (exact) mass is 1110 g/mol. The average molecular weight is 1110 g/mol. The van der Waals surface area contributed by atoms with E-state index in [0.29, 0.717) is 33.8 Å². The summed E-state index contributed by atoms with van der Waals surface area (Å²) in [5.74, 6) is -0.793. The Balaban J connectivity index is 1.87. The number of aromatic hydroxyl groups is 6. The molecule has 0 spiro atoms. The largest absolute Gasteiger partial charge is 0.507 e. The number of phenolic OH excluding ortho intramolecular Hbond substituents is 6. The number of nitrogens with zero attached hydrogens (tertiary/aromatic N) is 6. The van der Waals surface area contributed by atoms with E-state index in [2.05, 4.69) is 143 Å². The lowest BCUT2D eigenvalue weighted by Crippen LogP contribution is -2.23. The van der Waals surface area contributed by atoms with E-state index in [-0.39, 0.29) is 86.1 Å². The van der Waals surface area contributed by atoms with Crippen molar-refractivity contribution in [2.24, 2.45) is 30.0 Å². The second kappa shape index (κ2) is 23.5. The molecule has 0 unspecified atom stereocenters. The molecule has 0 fully saturated rings. The van der Waals surface area contributed by atoms with Crippen molar-refractivity contribution in [2.45, 2.75) is 236 Å². The van der Waals surface area contributed by atoms with Crippen molar-refractivity contribution in [3.63, 3.8) is 0 Å². The summed E-state index contributed by atoms with van der Waals surface area (Å²) < 4.78 is 0. The zero-order valence-corrected chi connectivity index (χ0v) is 54.7. The third-order valence-corrected chi connectivity index (χ3v) is 14.8. The van der Waals surface area contributed by atoms with Gasteiger partial charge in [0.2, 0.25) is 0 Å². The molecule has 0 radical (unpaired) electrons. The molecular weight excluding hydrogens is 1010 g/mol. The fourth-order valence-corrected chi connectivity index (χ4v) is 8.92. The van der Waals surface area contributed by atoms with Gasteiger partial charge in [-0.15, -0.1) is 0 Å². The Morgan fingerprint density at radius 3 is 0.679 bits per heavy atom. The van der Waals surface area contributed by atoms with Gasteiger partial charge in [-0.2, -0.15) is 0 Å². The van der Waals surface area contributed by atoms with E-state index in [9.17, 15) is 30.6 Å². The van der Waals surface area contributed by atoms with Gasteiger partial charge in [0.25, 0.3) is 0 Å². The Labute approximate surface area is 487 Å². The lowest BCUT2D eigenvalue weighted by Gasteiger charge is -2.27. The molecule has 0 aliphatic rings. The van der Waals surface area contributed by atoms with Crippen LogP contribution in [0, 0.1) is 0 Å². The number of hydrogen-bond acceptors (Lipinski definition) is 12. The van der Waals surface area contributed by atoms with Crippen LogP contribution in [0.15, 0.2) is 66.4 Å². The molecule has 0 heterocycles. The summed E-state index contributed by atoms with van der Waals surface area (Å²) in [5.41, 5.74) is 5.22. The lowest BCUT2D eigenvalue weighted by atomic mass is 9.78. The maximum absolute atomic E-state index is 12.1. The SMILES string of the molecule is CC(=NCC(C)(C)N=Cc1c(O)c(C=NC(C)(C)CN=C(C)c2cc(C(C)(C)C)cc(C(C)(C)C)c2O)c(O)c(C=NC(C)(C)CN=C(C)c2cc(C(C)(C)C)cc(C(C)(C)C)c2O)c1O)c1cc(C(C)(C)C)cc(C(C)(C)C)c1O. The molecule has 0 saturated carbocycles. The molecule has 6 N–H and O–H groups in total. The van der Waals surface area contributed by atoms with E-state index in [4.69, 9.17) is 30.0 Å². The molecule has 444 valence electrons. The van der Waals surface area contributed by atoms with Crippen LogP contribution in [0.2, 0.25) is 0 Å². The minimum absolute atomic E-state index is 0.0686.